The van der Waals surface area contributed by atoms with Crippen LogP contribution in [0.3, 0.4) is 0 Å². The molecule has 2 unspecified atom stereocenters. The first-order valence-electron chi connectivity index (χ1n) is 12.4. The molecule has 9 nitrogen and oxygen atoms in total. The Hall–Kier alpha value is -3.59. The quantitative estimate of drug-likeness (QED) is 0.418. The van der Waals surface area contributed by atoms with E-state index in [0.717, 1.165) is 60.0 Å². The van der Waals surface area contributed by atoms with E-state index in [4.69, 9.17) is 9.26 Å². The molecule has 0 amide bonds. The van der Waals surface area contributed by atoms with Crippen LogP contribution in [0.4, 0.5) is 11.6 Å². The third kappa shape index (κ3) is 4.81. The number of benzene rings is 1. The summed E-state index contributed by atoms with van der Waals surface area (Å²) in [4.78, 5) is 9.51. The second-order valence-electron chi connectivity index (χ2n) is 9.63. The third-order valence-electron chi connectivity index (χ3n) is 7.12. The molecule has 0 saturated carbocycles. The Morgan fingerprint density at radius 2 is 2.09 bits per heavy atom. The van der Waals surface area contributed by atoms with E-state index in [0.29, 0.717) is 31.0 Å². The van der Waals surface area contributed by atoms with Gasteiger partial charge in [0.05, 0.1) is 17.7 Å². The predicted octanol–water partition coefficient (Wildman–Crippen LogP) is 3.85. The third-order valence-corrected chi connectivity index (χ3v) is 7.12. The molecule has 2 fully saturated rings. The number of ether oxygens (including phenoxy) is 1. The lowest BCUT2D eigenvalue weighted by molar-refractivity contribution is 0.0717. The molecule has 9 heteroatoms. The van der Waals surface area contributed by atoms with Crippen LogP contribution >= 0.6 is 0 Å². The summed E-state index contributed by atoms with van der Waals surface area (Å²) < 4.78 is 11.6. The summed E-state index contributed by atoms with van der Waals surface area (Å²) in [7, 11) is 0. The Bertz CT molecular complexity index is 1270. The number of piperazine rings is 1. The molecule has 1 aromatic carbocycles. The van der Waals surface area contributed by atoms with Crippen molar-refractivity contribution >= 4 is 22.6 Å². The molecule has 2 aliphatic rings. The van der Waals surface area contributed by atoms with E-state index < -0.39 is 0 Å². The number of pyridine rings is 1. The van der Waals surface area contributed by atoms with Gasteiger partial charge in [0.2, 0.25) is 5.88 Å². The largest absolute Gasteiger partial charge is 0.477 e. The zero-order valence-electron chi connectivity index (χ0n) is 20.0. The average molecular weight is 474 g/mol. The van der Waals surface area contributed by atoms with Gasteiger partial charge in [-0.3, -0.25) is 10.00 Å². The van der Waals surface area contributed by atoms with Crippen molar-refractivity contribution in [3.63, 3.8) is 0 Å². The molecule has 0 spiro atoms. The highest BCUT2D eigenvalue weighted by atomic mass is 16.5. The smallest absolute Gasteiger partial charge is 0.213 e. The summed E-state index contributed by atoms with van der Waals surface area (Å²) in [6.45, 7) is 7.44. The first-order chi connectivity index (χ1) is 17.2. The second-order valence-corrected chi connectivity index (χ2v) is 9.63. The lowest BCUT2D eigenvalue weighted by Crippen LogP contribution is -2.57. The van der Waals surface area contributed by atoms with Gasteiger partial charge < -0.3 is 19.5 Å². The maximum absolute atomic E-state index is 6.07. The maximum Gasteiger partial charge on any atom is 0.213 e. The Morgan fingerprint density at radius 3 is 2.94 bits per heavy atom. The number of aromatic amines is 1. The molecule has 2 saturated heterocycles. The van der Waals surface area contributed by atoms with E-state index in [-0.39, 0.29) is 0 Å². The molecular weight excluding hydrogens is 442 g/mol. The molecule has 5 heterocycles. The number of rotatable bonds is 7. The number of nitrogens with one attached hydrogen (secondary N) is 2. The summed E-state index contributed by atoms with van der Waals surface area (Å²) in [5.41, 5.74) is 2.92. The highest BCUT2D eigenvalue weighted by Crippen LogP contribution is 2.31. The Labute approximate surface area is 204 Å². The number of anilines is 2. The first kappa shape index (κ1) is 21.9. The summed E-state index contributed by atoms with van der Waals surface area (Å²) in [6, 6.07) is 14.7. The van der Waals surface area contributed by atoms with Crippen LogP contribution in [0.25, 0.3) is 11.0 Å². The number of H-pyrrole nitrogens is 1. The molecule has 35 heavy (non-hydrogen) atoms. The lowest BCUT2D eigenvalue weighted by Gasteiger charge is -2.46. The van der Waals surface area contributed by atoms with Crippen LogP contribution in [0.15, 0.2) is 53.2 Å². The number of hydrogen-bond donors (Lipinski definition) is 2. The fourth-order valence-corrected chi connectivity index (χ4v) is 5.20. The highest BCUT2D eigenvalue weighted by Gasteiger charge is 2.34. The molecular formula is C26H31N7O2. The number of aromatic nitrogens is 4. The van der Waals surface area contributed by atoms with Gasteiger partial charge in [-0.25, -0.2) is 4.98 Å². The number of aryl methyl sites for hydroxylation is 1. The van der Waals surface area contributed by atoms with E-state index in [2.05, 4.69) is 47.6 Å². The van der Waals surface area contributed by atoms with Crippen LogP contribution in [0, 0.1) is 12.8 Å². The van der Waals surface area contributed by atoms with Crippen LogP contribution in [0.5, 0.6) is 5.88 Å². The van der Waals surface area contributed by atoms with E-state index in [1.165, 1.54) is 12.8 Å². The van der Waals surface area contributed by atoms with Crippen molar-refractivity contribution in [1.29, 1.82) is 0 Å². The van der Waals surface area contributed by atoms with E-state index in [9.17, 15) is 0 Å². The highest BCUT2D eigenvalue weighted by molar-refractivity contribution is 5.88. The monoisotopic (exact) mass is 473 g/mol. The summed E-state index contributed by atoms with van der Waals surface area (Å²) in [5.74, 6) is 3.11. The van der Waals surface area contributed by atoms with E-state index in [1.807, 2.05) is 43.5 Å². The van der Waals surface area contributed by atoms with Crippen molar-refractivity contribution < 1.29 is 9.26 Å². The molecule has 2 aliphatic heterocycles. The van der Waals surface area contributed by atoms with Crippen molar-refractivity contribution in [2.24, 2.45) is 5.92 Å². The minimum Gasteiger partial charge on any atom is -0.477 e. The minimum atomic E-state index is 0.525. The number of piperidine rings is 1. The first-order valence-corrected chi connectivity index (χ1v) is 12.4. The topological polar surface area (TPSA) is 95.3 Å². The molecule has 2 atom stereocenters. The van der Waals surface area contributed by atoms with Crippen LogP contribution in [-0.2, 0) is 6.54 Å². The normalized spacial score (nSPS) is 20.7. The average Bonchev–Trinajstić information content (AvgIpc) is 3.52. The number of nitrogens with zero attached hydrogens (tertiary/aromatic N) is 5. The van der Waals surface area contributed by atoms with Crippen LogP contribution in [-0.4, -0.2) is 64.1 Å². The fourth-order valence-electron chi connectivity index (χ4n) is 5.20. The van der Waals surface area contributed by atoms with Gasteiger partial charge in [-0.05, 0) is 37.5 Å². The number of fused-ring (bicyclic) bond motifs is 2. The molecule has 4 aromatic rings. The van der Waals surface area contributed by atoms with Crippen molar-refractivity contribution in [3.05, 3.63) is 59.9 Å². The lowest BCUT2D eigenvalue weighted by atomic mass is 9.91. The van der Waals surface area contributed by atoms with Crippen LogP contribution in [0.1, 0.15) is 24.1 Å². The Kier molecular flexibility index (Phi) is 5.99. The van der Waals surface area contributed by atoms with E-state index >= 15 is 0 Å². The minimum absolute atomic E-state index is 0.525. The standard InChI is InChI=1S/C26H31N7O2/c1-18-12-24(30-29-18)27-13-19-7-9-25(28-14-19)34-17-20-6-8-21-16-33(11-10-32(21)15-20)26-22-4-2-3-5-23(22)35-31-26/h2-5,7,9,12,14,20-21H,6,8,10-11,13,15-17H2,1H3,(H2,27,29,30). The molecule has 0 radical (unpaired) electrons. The fraction of sp³-hybridized carbons (Fsp3) is 0.423. The van der Waals surface area contributed by atoms with Gasteiger partial charge in [0.25, 0.3) is 0 Å². The summed E-state index contributed by atoms with van der Waals surface area (Å²) in [5, 5.41) is 15.9. The van der Waals surface area contributed by atoms with Crippen molar-refractivity contribution in [2.75, 3.05) is 43.0 Å². The molecule has 3 aromatic heterocycles. The zero-order valence-corrected chi connectivity index (χ0v) is 20.0. The van der Waals surface area contributed by atoms with Crippen LogP contribution < -0.4 is 15.0 Å². The summed E-state index contributed by atoms with van der Waals surface area (Å²) in [6.07, 6.45) is 4.21. The van der Waals surface area contributed by atoms with Gasteiger partial charge in [-0.2, -0.15) is 5.10 Å². The van der Waals surface area contributed by atoms with Crippen molar-refractivity contribution in [2.45, 2.75) is 32.4 Å². The van der Waals surface area contributed by atoms with Gasteiger partial charge in [0.15, 0.2) is 11.4 Å². The predicted molar refractivity (Wildman–Crippen MR) is 135 cm³/mol. The van der Waals surface area contributed by atoms with Crippen LogP contribution in [0.2, 0.25) is 0 Å². The Balaban J connectivity index is 0.980. The van der Waals surface area contributed by atoms with Gasteiger partial charge >= 0.3 is 0 Å². The zero-order chi connectivity index (χ0) is 23.6. The number of para-hydroxylation sites is 1. The van der Waals surface area contributed by atoms with Gasteiger partial charge in [-0.15, -0.1) is 0 Å². The van der Waals surface area contributed by atoms with Gasteiger partial charge in [-0.1, -0.05) is 23.4 Å². The van der Waals surface area contributed by atoms with Gasteiger partial charge in [0.1, 0.15) is 5.82 Å². The molecule has 2 N–H and O–H groups in total. The van der Waals surface area contributed by atoms with Crippen molar-refractivity contribution in [3.8, 4) is 5.88 Å². The van der Waals surface area contributed by atoms with E-state index in [1.54, 1.807) is 0 Å². The van der Waals surface area contributed by atoms with Crippen molar-refractivity contribution in [1.82, 2.24) is 25.2 Å². The summed E-state index contributed by atoms with van der Waals surface area (Å²) >= 11 is 0. The maximum atomic E-state index is 6.07. The SMILES string of the molecule is Cc1cc(NCc2ccc(OCC3CCC4CN(c5noc6ccccc56)CCN4C3)nc2)[nH]n1. The molecule has 0 aliphatic carbocycles. The molecule has 0 bridgehead atoms. The second kappa shape index (κ2) is 9.58. The van der Waals surface area contributed by atoms with Gasteiger partial charge in [0, 0.05) is 63.0 Å². The Morgan fingerprint density at radius 1 is 1.14 bits per heavy atom. The number of hydrogen-bond acceptors (Lipinski definition) is 8. The molecule has 182 valence electrons. The molecule has 6 rings (SSSR count).